The second-order valence-electron chi connectivity index (χ2n) is 4.73. The van der Waals surface area contributed by atoms with Gasteiger partial charge in [0, 0.05) is 12.1 Å². The monoisotopic (exact) mass is 285 g/mol. The normalized spacial score (nSPS) is 17.1. The Morgan fingerprint density at radius 2 is 2.11 bits per heavy atom. The highest BCUT2D eigenvalue weighted by Gasteiger charge is 2.31. The van der Waals surface area contributed by atoms with Gasteiger partial charge in [-0.25, -0.2) is 13.1 Å². The zero-order chi connectivity index (χ0) is 14.2. The van der Waals surface area contributed by atoms with E-state index in [2.05, 4.69) is 4.72 Å². The van der Waals surface area contributed by atoms with E-state index in [1.165, 1.54) is 6.07 Å². The molecule has 1 unspecified atom stereocenters. The van der Waals surface area contributed by atoms with Gasteiger partial charge in [-0.05, 0) is 37.8 Å². The highest BCUT2D eigenvalue weighted by molar-refractivity contribution is 7.89. The maximum atomic E-state index is 12.1. The van der Waals surface area contributed by atoms with Crippen LogP contribution in [-0.2, 0) is 10.0 Å². The molecule has 1 aliphatic rings. The van der Waals surface area contributed by atoms with Gasteiger partial charge >= 0.3 is 0 Å². The minimum absolute atomic E-state index is 0.0527. The lowest BCUT2D eigenvalue weighted by atomic mass is 10.2. The molecule has 0 bridgehead atoms. The first kappa shape index (κ1) is 13.8. The van der Waals surface area contributed by atoms with Crippen molar-refractivity contribution >= 4 is 21.4 Å². The van der Waals surface area contributed by atoms with Crippen LogP contribution in [0.15, 0.2) is 23.1 Å². The summed E-state index contributed by atoms with van der Waals surface area (Å²) >= 11 is 0. The number of nitrogen functional groups attached to an aromatic ring is 1. The van der Waals surface area contributed by atoms with Crippen LogP contribution < -0.4 is 10.5 Å². The highest BCUT2D eigenvalue weighted by Crippen LogP contribution is 2.33. The van der Waals surface area contributed by atoms with Gasteiger partial charge in [0.15, 0.2) is 0 Å². The van der Waals surface area contributed by atoms with Gasteiger partial charge in [-0.1, -0.05) is 0 Å². The van der Waals surface area contributed by atoms with Crippen LogP contribution in [-0.4, -0.2) is 19.4 Å². The molecular weight excluding hydrogens is 270 g/mol. The zero-order valence-corrected chi connectivity index (χ0v) is 11.2. The summed E-state index contributed by atoms with van der Waals surface area (Å²) in [5, 5.41) is 10.6. The molecule has 0 aromatic heterocycles. The summed E-state index contributed by atoms with van der Waals surface area (Å²) in [5.74, 6) is 0.380. The zero-order valence-electron chi connectivity index (χ0n) is 10.4. The molecule has 2 rings (SSSR count). The topological polar surface area (TPSA) is 115 Å². The van der Waals surface area contributed by atoms with Gasteiger partial charge < -0.3 is 5.73 Å². The van der Waals surface area contributed by atoms with E-state index in [9.17, 15) is 18.5 Å². The molecule has 1 atom stereocenters. The van der Waals surface area contributed by atoms with Crippen LogP contribution in [0.25, 0.3) is 0 Å². The predicted molar refractivity (Wildman–Crippen MR) is 70.0 cm³/mol. The average molecular weight is 285 g/mol. The van der Waals surface area contributed by atoms with E-state index in [1.807, 2.05) is 6.92 Å². The third kappa shape index (κ3) is 3.02. The molecule has 0 amide bonds. The third-order valence-electron chi connectivity index (χ3n) is 3.18. The molecule has 0 radical (unpaired) electrons. The summed E-state index contributed by atoms with van der Waals surface area (Å²) in [7, 11) is -3.68. The van der Waals surface area contributed by atoms with Gasteiger partial charge in [-0.15, -0.1) is 0 Å². The smallest absolute Gasteiger partial charge is 0.292 e. The molecule has 19 heavy (non-hydrogen) atoms. The Bertz CT molecular complexity index is 610. The molecule has 0 aliphatic heterocycles. The van der Waals surface area contributed by atoms with Gasteiger partial charge in [0.2, 0.25) is 10.0 Å². The fourth-order valence-corrected chi connectivity index (χ4v) is 3.22. The fourth-order valence-electron chi connectivity index (χ4n) is 1.87. The lowest BCUT2D eigenvalue weighted by molar-refractivity contribution is -0.383. The Labute approximate surface area is 111 Å². The van der Waals surface area contributed by atoms with Crippen LogP contribution in [0, 0.1) is 16.0 Å². The Morgan fingerprint density at radius 3 is 2.58 bits per heavy atom. The first-order chi connectivity index (χ1) is 8.81. The summed E-state index contributed by atoms with van der Waals surface area (Å²) in [4.78, 5) is 9.92. The van der Waals surface area contributed by atoms with Crippen LogP contribution in [0.1, 0.15) is 19.8 Å². The minimum Gasteiger partial charge on any atom is -0.393 e. The lowest BCUT2D eigenvalue weighted by Crippen LogP contribution is -2.34. The van der Waals surface area contributed by atoms with Crippen molar-refractivity contribution in [2.45, 2.75) is 30.7 Å². The van der Waals surface area contributed by atoms with Crippen LogP contribution in [0.3, 0.4) is 0 Å². The molecule has 8 heteroatoms. The number of nitrogens with zero attached hydrogens (tertiary/aromatic N) is 1. The van der Waals surface area contributed by atoms with Crippen molar-refractivity contribution in [3.8, 4) is 0 Å². The van der Waals surface area contributed by atoms with Crippen molar-refractivity contribution < 1.29 is 13.3 Å². The van der Waals surface area contributed by atoms with Crippen molar-refractivity contribution in [1.82, 2.24) is 4.72 Å². The second-order valence-corrected chi connectivity index (χ2v) is 6.44. The second kappa shape index (κ2) is 4.78. The van der Waals surface area contributed by atoms with E-state index >= 15 is 0 Å². The summed E-state index contributed by atoms with van der Waals surface area (Å²) in [6.45, 7) is 1.81. The number of nitrogens with one attached hydrogen (secondary N) is 1. The lowest BCUT2D eigenvalue weighted by Gasteiger charge is -2.13. The van der Waals surface area contributed by atoms with E-state index in [4.69, 9.17) is 5.73 Å². The molecule has 104 valence electrons. The largest absolute Gasteiger partial charge is 0.393 e. The first-order valence-corrected chi connectivity index (χ1v) is 7.36. The summed E-state index contributed by atoms with van der Waals surface area (Å²) < 4.78 is 26.7. The van der Waals surface area contributed by atoms with E-state index in [0.717, 1.165) is 25.0 Å². The van der Waals surface area contributed by atoms with Gasteiger partial charge in [0.05, 0.1) is 9.82 Å². The molecule has 3 N–H and O–H groups in total. The Kier molecular flexibility index (Phi) is 3.46. The van der Waals surface area contributed by atoms with Gasteiger partial charge in [-0.2, -0.15) is 0 Å². The number of anilines is 1. The van der Waals surface area contributed by atoms with Crippen LogP contribution in [0.4, 0.5) is 11.4 Å². The van der Waals surface area contributed by atoms with E-state index < -0.39 is 14.9 Å². The van der Waals surface area contributed by atoms with Crippen LogP contribution in [0.5, 0.6) is 0 Å². The Balaban J connectivity index is 2.25. The molecule has 7 nitrogen and oxygen atoms in total. The molecule has 1 saturated carbocycles. The summed E-state index contributed by atoms with van der Waals surface area (Å²) in [5.41, 5.74) is 5.03. The van der Waals surface area contributed by atoms with Gasteiger partial charge in [-0.3, -0.25) is 10.1 Å². The highest BCUT2D eigenvalue weighted by atomic mass is 32.2. The molecule has 1 fully saturated rings. The number of nitro groups is 1. The van der Waals surface area contributed by atoms with E-state index in [1.54, 1.807) is 0 Å². The predicted octanol–water partition coefficient (Wildman–Crippen LogP) is 1.25. The summed E-state index contributed by atoms with van der Waals surface area (Å²) in [6.07, 6.45) is 2.04. The maximum absolute atomic E-state index is 12.1. The number of nitrogens with two attached hydrogens (primary N) is 1. The number of sulfonamides is 1. The molecule has 0 heterocycles. The Hall–Kier alpha value is -1.67. The van der Waals surface area contributed by atoms with Crippen molar-refractivity contribution in [3.05, 3.63) is 28.3 Å². The number of hydrogen-bond donors (Lipinski definition) is 2. The minimum atomic E-state index is -3.68. The Morgan fingerprint density at radius 1 is 1.47 bits per heavy atom. The third-order valence-corrected chi connectivity index (χ3v) is 4.73. The number of nitro benzene ring substituents is 1. The van der Waals surface area contributed by atoms with Crippen LogP contribution >= 0.6 is 0 Å². The van der Waals surface area contributed by atoms with E-state index in [-0.39, 0.29) is 22.3 Å². The van der Waals surface area contributed by atoms with E-state index in [0.29, 0.717) is 5.92 Å². The molecule has 1 aliphatic carbocycles. The van der Waals surface area contributed by atoms with Gasteiger partial charge in [0.1, 0.15) is 5.69 Å². The number of benzene rings is 1. The number of rotatable bonds is 5. The molecular formula is C11H15N3O4S. The molecule has 0 spiro atoms. The maximum Gasteiger partial charge on any atom is 0.292 e. The van der Waals surface area contributed by atoms with Crippen molar-refractivity contribution in [3.63, 3.8) is 0 Å². The van der Waals surface area contributed by atoms with Crippen molar-refractivity contribution in [2.75, 3.05) is 5.73 Å². The van der Waals surface area contributed by atoms with Crippen molar-refractivity contribution in [2.24, 2.45) is 5.92 Å². The summed E-state index contributed by atoms with van der Waals surface area (Å²) in [6, 6.07) is 3.27. The van der Waals surface area contributed by atoms with Gasteiger partial charge in [0.25, 0.3) is 5.69 Å². The standard InChI is InChI=1S/C11H15N3O4S/c1-7(8-2-3-8)13-19(17,18)9-4-5-11(14(15)16)10(12)6-9/h4-8,13H,2-3,12H2,1H3. The first-order valence-electron chi connectivity index (χ1n) is 5.87. The SMILES string of the molecule is CC(NS(=O)(=O)c1ccc([N+](=O)[O-])c(N)c1)C1CC1. The number of hydrogen-bond acceptors (Lipinski definition) is 5. The average Bonchev–Trinajstić information content (AvgIpc) is 3.11. The molecule has 0 saturated heterocycles. The molecule has 1 aromatic carbocycles. The molecule has 1 aromatic rings. The fraction of sp³-hybridized carbons (Fsp3) is 0.455. The quantitative estimate of drug-likeness (QED) is 0.480. The van der Waals surface area contributed by atoms with Crippen LogP contribution in [0.2, 0.25) is 0 Å². The van der Waals surface area contributed by atoms with Crippen molar-refractivity contribution in [1.29, 1.82) is 0 Å².